The van der Waals surface area contributed by atoms with E-state index in [1.165, 1.54) is 6.33 Å². The highest BCUT2D eigenvalue weighted by atomic mass is 79.9. The summed E-state index contributed by atoms with van der Waals surface area (Å²) in [6.07, 6.45) is 1.21. The fraction of sp³-hybridized carbons (Fsp3) is 0. The Morgan fingerprint density at radius 2 is 1.88 bits per heavy atom. The van der Waals surface area contributed by atoms with Gasteiger partial charge in [0.05, 0.1) is 4.92 Å². The van der Waals surface area contributed by atoms with Crippen molar-refractivity contribution in [2.45, 2.75) is 0 Å². The molecule has 0 bridgehead atoms. The van der Waals surface area contributed by atoms with Gasteiger partial charge in [-0.2, -0.15) is 4.98 Å². The molecule has 0 aliphatic carbocycles. The average molecular weight is 387 g/mol. The summed E-state index contributed by atoms with van der Waals surface area (Å²) >= 11 is 3.35. The highest BCUT2D eigenvalue weighted by Gasteiger charge is 2.25. The molecule has 0 spiro atoms. The number of para-hydroxylation sites is 1. The van der Waals surface area contributed by atoms with Gasteiger partial charge in [0, 0.05) is 10.2 Å². The molecule has 1 aromatic heterocycles. The van der Waals surface area contributed by atoms with E-state index in [2.05, 4.69) is 31.2 Å². The van der Waals surface area contributed by atoms with E-state index in [9.17, 15) is 10.1 Å². The maximum Gasteiger partial charge on any atom is 0.373 e. The van der Waals surface area contributed by atoms with Crippen molar-refractivity contribution < 1.29 is 9.66 Å². The van der Waals surface area contributed by atoms with Crippen molar-refractivity contribution in [1.29, 1.82) is 0 Å². The first-order chi connectivity index (χ1) is 11.6. The molecule has 24 heavy (non-hydrogen) atoms. The summed E-state index contributed by atoms with van der Waals surface area (Å²) in [7, 11) is 0. The molecule has 0 aliphatic rings. The number of halogens is 1. The number of nitro groups is 1. The molecule has 0 unspecified atom stereocenters. The van der Waals surface area contributed by atoms with Crippen LogP contribution >= 0.6 is 15.9 Å². The molecule has 0 saturated heterocycles. The molecule has 3 aromatic rings. The van der Waals surface area contributed by atoms with Gasteiger partial charge in [0.1, 0.15) is 12.1 Å². The SMILES string of the molecule is O=[N+]([O-])c1c(Nc2cccc(Br)c2)ncnc1Oc1ccccc1. The molecule has 0 saturated carbocycles. The summed E-state index contributed by atoms with van der Waals surface area (Å²) in [6.45, 7) is 0. The second kappa shape index (κ2) is 7.05. The minimum absolute atomic E-state index is 0.0547. The van der Waals surface area contributed by atoms with E-state index in [0.29, 0.717) is 11.4 Å². The highest BCUT2D eigenvalue weighted by Crippen LogP contribution is 2.35. The van der Waals surface area contributed by atoms with Crippen LogP contribution in [-0.2, 0) is 0 Å². The Morgan fingerprint density at radius 1 is 1.08 bits per heavy atom. The Labute approximate surface area is 145 Å². The Kier molecular flexibility index (Phi) is 4.66. The lowest BCUT2D eigenvalue weighted by atomic mass is 10.3. The lowest BCUT2D eigenvalue weighted by Gasteiger charge is -2.09. The Bertz CT molecular complexity index is 874. The topological polar surface area (TPSA) is 90.2 Å². The number of rotatable bonds is 5. The molecule has 1 N–H and O–H groups in total. The quantitative estimate of drug-likeness (QED) is 0.505. The average Bonchev–Trinajstić information content (AvgIpc) is 2.56. The van der Waals surface area contributed by atoms with Gasteiger partial charge in [0.2, 0.25) is 5.82 Å². The van der Waals surface area contributed by atoms with Gasteiger partial charge in [0.15, 0.2) is 0 Å². The Morgan fingerprint density at radius 3 is 2.58 bits per heavy atom. The van der Waals surface area contributed by atoms with Crippen LogP contribution in [0.4, 0.5) is 17.2 Å². The second-order valence-corrected chi connectivity index (χ2v) is 5.60. The van der Waals surface area contributed by atoms with Crippen molar-refractivity contribution in [3.8, 4) is 11.6 Å². The van der Waals surface area contributed by atoms with E-state index in [1.54, 1.807) is 42.5 Å². The summed E-state index contributed by atoms with van der Waals surface area (Å²) in [5.41, 5.74) is 0.318. The molecule has 0 atom stereocenters. The highest BCUT2D eigenvalue weighted by molar-refractivity contribution is 9.10. The molecule has 0 aliphatic heterocycles. The van der Waals surface area contributed by atoms with E-state index in [0.717, 1.165) is 4.47 Å². The monoisotopic (exact) mass is 386 g/mol. The van der Waals surface area contributed by atoms with Gasteiger partial charge in [-0.25, -0.2) is 4.98 Å². The van der Waals surface area contributed by atoms with Crippen LogP contribution in [0.1, 0.15) is 0 Å². The molecule has 2 aromatic carbocycles. The van der Waals surface area contributed by atoms with Crippen LogP contribution in [0, 0.1) is 10.1 Å². The van der Waals surface area contributed by atoms with Gasteiger partial charge >= 0.3 is 11.6 Å². The normalized spacial score (nSPS) is 10.2. The number of hydrogen-bond acceptors (Lipinski definition) is 6. The van der Waals surface area contributed by atoms with E-state index in [-0.39, 0.29) is 17.4 Å². The largest absolute Gasteiger partial charge is 0.434 e. The molecule has 8 heteroatoms. The van der Waals surface area contributed by atoms with Gasteiger partial charge in [-0.05, 0) is 30.3 Å². The molecular formula is C16H11BrN4O3. The van der Waals surface area contributed by atoms with Crippen molar-refractivity contribution >= 4 is 33.1 Å². The number of ether oxygens (including phenoxy) is 1. The fourth-order valence-electron chi connectivity index (χ4n) is 2.00. The van der Waals surface area contributed by atoms with E-state index >= 15 is 0 Å². The fourth-order valence-corrected chi connectivity index (χ4v) is 2.40. The van der Waals surface area contributed by atoms with Gasteiger partial charge in [-0.3, -0.25) is 10.1 Å². The number of nitrogens with one attached hydrogen (secondary N) is 1. The van der Waals surface area contributed by atoms with Crippen LogP contribution in [0.15, 0.2) is 65.4 Å². The predicted molar refractivity (Wildman–Crippen MR) is 92.6 cm³/mol. The summed E-state index contributed by atoms with van der Waals surface area (Å²) < 4.78 is 6.37. The summed E-state index contributed by atoms with van der Waals surface area (Å²) in [6, 6.07) is 15.9. The van der Waals surface area contributed by atoms with Gasteiger partial charge < -0.3 is 10.1 Å². The third-order valence-corrected chi connectivity index (χ3v) is 3.51. The van der Waals surface area contributed by atoms with Gasteiger partial charge in [-0.1, -0.05) is 40.2 Å². The number of anilines is 2. The van der Waals surface area contributed by atoms with E-state index < -0.39 is 4.92 Å². The summed E-state index contributed by atoms with van der Waals surface area (Å²) in [4.78, 5) is 18.8. The molecule has 120 valence electrons. The number of hydrogen-bond donors (Lipinski definition) is 1. The minimum atomic E-state index is -0.571. The summed E-state index contributed by atoms with van der Waals surface area (Å²) in [5, 5.41) is 14.4. The van der Waals surface area contributed by atoms with Gasteiger partial charge in [0.25, 0.3) is 0 Å². The standard InChI is InChI=1S/C16H11BrN4O3/c17-11-5-4-6-12(9-11)20-15-14(21(22)23)16(19-10-18-15)24-13-7-2-1-3-8-13/h1-10H,(H,18,19,20). The lowest BCUT2D eigenvalue weighted by molar-refractivity contribution is -0.385. The maximum atomic E-state index is 11.5. The molecule has 0 amide bonds. The van der Waals surface area contributed by atoms with Gasteiger partial charge in [-0.15, -0.1) is 0 Å². The Balaban J connectivity index is 1.97. The zero-order valence-electron chi connectivity index (χ0n) is 12.2. The van der Waals surface area contributed by atoms with Crippen LogP contribution in [0.3, 0.4) is 0 Å². The first-order valence-corrected chi connectivity index (χ1v) is 7.67. The summed E-state index contributed by atoms with van der Waals surface area (Å²) in [5.74, 6) is 0.380. The maximum absolute atomic E-state index is 11.5. The third-order valence-electron chi connectivity index (χ3n) is 3.02. The van der Waals surface area contributed by atoms with Crippen LogP contribution in [0.2, 0.25) is 0 Å². The molecular weight excluding hydrogens is 376 g/mol. The smallest absolute Gasteiger partial charge is 0.373 e. The van der Waals surface area contributed by atoms with Crippen LogP contribution in [0.25, 0.3) is 0 Å². The van der Waals surface area contributed by atoms with E-state index in [4.69, 9.17) is 4.74 Å². The molecule has 1 heterocycles. The second-order valence-electron chi connectivity index (χ2n) is 4.68. The minimum Gasteiger partial charge on any atom is -0.434 e. The first-order valence-electron chi connectivity index (χ1n) is 6.88. The molecule has 7 nitrogen and oxygen atoms in total. The molecule has 0 radical (unpaired) electrons. The first kappa shape index (κ1) is 15.9. The molecule has 3 rings (SSSR count). The van der Waals surface area contributed by atoms with Crippen molar-refractivity contribution in [3.63, 3.8) is 0 Å². The van der Waals surface area contributed by atoms with Crippen molar-refractivity contribution in [2.75, 3.05) is 5.32 Å². The third kappa shape index (κ3) is 3.66. The zero-order valence-corrected chi connectivity index (χ0v) is 13.8. The number of nitrogens with zero attached hydrogens (tertiary/aromatic N) is 3. The number of aromatic nitrogens is 2. The Hall–Kier alpha value is -3.00. The predicted octanol–water partition coefficient (Wildman–Crippen LogP) is 4.68. The van der Waals surface area contributed by atoms with E-state index in [1.807, 2.05) is 12.1 Å². The van der Waals surface area contributed by atoms with Crippen LogP contribution < -0.4 is 10.1 Å². The van der Waals surface area contributed by atoms with Crippen molar-refractivity contribution in [3.05, 3.63) is 75.5 Å². The zero-order chi connectivity index (χ0) is 16.9. The van der Waals surface area contributed by atoms with Crippen LogP contribution in [0.5, 0.6) is 11.6 Å². The van der Waals surface area contributed by atoms with Crippen LogP contribution in [-0.4, -0.2) is 14.9 Å². The number of benzene rings is 2. The molecule has 0 fully saturated rings. The van der Waals surface area contributed by atoms with Crippen molar-refractivity contribution in [1.82, 2.24) is 9.97 Å². The lowest BCUT2D eigenvalue weighted by Crippen LogP contribution is -2.03. The van der Waals surface area contributed by atoms with Crippen molar-refractivity contribution in [2.24, 2.45) is 0 Å².